The van der Waals surface area contributed by atoms with Crippen LogP contribution in [0.25, 0.3) is 0 Å². The number of amides is 1. The number of nitrogens with one attached hydrogen (secondary N) is 1. The van der Waals surface area contributed by atoms with E-state index in [1.54, 1.807) is 41.8 Å². The molecule has 0 bridgehead atoms. The highest BCUT2D eigenvalue weighted by molar-refractivity contribution is 7.91. The molecule has 32 heavy (non-hydrogen) atoms. The van der Waals surface area contributed by atoms with Crippen LogP contribution in [-0.2, 0) is 14.6 Å². The Morgan fingerprint density at radius 1 is 1.16 bits per heavy atom. The van der Waals surface area contributed by atoms with E-state index in [0.29, 0.717) is 23.8 Å². The Labute approximate surface area is 191 Å². The first kappa shape index (κ1) is 21.9. The fourth-order valence-electron chi connectivity index (χ4n) is 3.65. The number of hydrogen-bond acceptors (Lipinski definition) is 6. The highest BCUT2D eigenvalue weighted by atomic mass is 32.2. The summed E-state index contributed by atoms with van der Waals surface area (Å²) < 4.78 is 37.7. The molecule has 8 heteroatoms. The molecule has 6 nitrogen and oxygen atoms in total. The van der Waals surface area contributed by atoms with Gasteiger partial charge in [-0.05, 0) is 36.8 Å². The minimum absolute atomic E-state index is 0.112. The number of carbonyl (C=O) groups is 1. The molecule has 1 aliphatic heterocycles. The fourth-order valence-corrected chi connectivity index (χ4v) is 6.58. The zero-order valence-corrected chi connectivity index (χ0v) is 19.0. The minimum Gasteiger partial charge on any atom is -0.490 e. The van der Waals surface area contributed by atoms with Gasteiger partial charge < -0.3 is 14.8 Å². The van der Waals surface area contributed by atoms with Crippen molar-refractivity contribution >= 4 is 32.8 Å². The van der Waals surface area contributed by atoms with Crippen molar-refractivity contribution in [3.8, 4) is 23.8 Å². The van der Waals surface area contributed by atoms with Crippen molar-refractivity contribution in [2.75, 3.05) is 18.5 Å². The van der Waals surface area contributed by atoms with E-state index in [1.807, 2.05) is 19.1 Å². The minimum atomic E-state index is -3.77. The Hall–Kier alpha value is -3.28. The van der Waals surface area contributed by atoms with Crippen LogP contribution in [0.1, 0.15) is 29.7 Å². The lowest BCUT2D eigenvalue weighted by Gasteiger charge is -2.24. The molecule has 2 aromatic carbocycles. The second-order valence-electron chi connectivity index (χ2n) is 7.09. The van der Waals surface area contributed by atoms with Crippen LogP contribution in [0.15, 0.2) is 63.7 Å². The van der Waals surface area contributed by atoms with Crippen molar-refractivity contribution < 1.29 is 22.7 Å². The third-order valence-electron chi connectivity index (χ3n) is 5.08. The number of rotatable bonds is 7. The molecule has 0 unspecified atom stereocenters. The van der Waals surface area contributed by atoms with Crippen LogP contribution >= 0.6 is 11.3 Å². The van der Waals surface area contributed by atoms with Gasteiger partial charge in [-0.1, -0.05) is 30.2 Å². The lowest BCUT2D eigenvalue weighted by molar-refractivity contribution is -0.116. The Kier molecular flexibility index (Phi) is 6.21. The smallest absolute Gasteiger partial charge is 0.225 e. The molecule has 1 N–H and O–H groups in total. The predicted molar refractivity (Wildman–Crippen MR) is 123 cm³/mol. The summed E-state index contributed by atoms with van der Waals surface area (Å²) in [5.74, 6) is 2.94. The average molecular weight is 468 g/mol. The second-order valence-corrected chi connectivity index (χ2v) is 9.92. The van der Waals surface area contributed by atoms with E-state index >= 15 is 0 Å². The summed E-state index contributed by atoms with van der Waals surface area (Å²) in [6, 6.07) is 13.6. The van der Waals surface area contributed by atoms with Gasteiger partial charge in [0.25, 0.3) is 0 Å². The van der Waals surface area contributed by atoms with Crippen molar-refractivity contribution in [2.45, 2.75) is 29.1 Å². The predicted octanol–water partition coefficient (Wildman–Crippen LogP) is 4.47. The number of ether oxygens (including phenoxy) is 2. The van der Waals surface area contributed by atoms with E-state index in [9.17, 15) is 13.2 Å². The van der Waals surface area contributed by atoms with E-state index < -0.39 is 9.84 Å². The lowest BCUT2D eigenvalue weighted by atomic mass is 9.90. The number of thiophene rings is 1. The first-order chi connectivity index (χ1) is 15.5. The summed E-state index contributed by atoms with van der Waals surface area (Å²) in [6.07, 6.45) is 5.49. The first-order valence-electron chi connectivity index (χ1n) is 10.00. The Balaban J connectivity index is 1.76. The highest BCUT2D eigenvalue weighted by Gasteiger charge is 2.34. The van der Waals surface area contributed by atoms with Crippen molar-refractivity contribution in [3.63, 3.8) is 0 Å². The van der Waals surface area contributed by atoms with Crippen LogP contribution in [0, 0.1) is 12.3 Å². The molecule has 0 aliphatic carbocycles. The van der Waals surface area contributed by atoms with Gasteiger partial charge in [-0.2, -0.15) is 0 Å². The average Bonchev–Trinajstić information content (AvgIpc) is 3.23. The first-order valence-corrected chi connectivity index (χ1v) is 12.4. The van der Waals surface area contributed by atoms with Crippen molar-refractivity contribution in [1.29, 1.82) is 0 Å². The molecule has 0 saturated carbocycles. The van der Waals surface area contributed by atoms with Gasteiger partial charge in [-0.3, -0.25) is 4.79 Å². The van der Waals surface area contributed by atoms with Crippen molar-refractivity contribution in [1.82, 2.24) is 0 Å². The lowest BCUT2D eigenvalue weighted by Crippen LogP contribution is -2.23. The van der Waals surface area contributed by atoms with E-state index in [-0.39, 0.29) is 34.6 Å². The monoisotopic (exact) mass is 467 g/mol. The standard InChI is InChI=1S/C24H21NO5S2/c1-3-12-30-19-11-10-16(13-20(19)29-4-2)18-14-22(26)25-23-21(15-31-24(18)23)32(27,28)17-8-6-5-7-9-17/h1,5-11,13,15,18H,4,12,14H2,2H3,(H,25,26)/t18-/m1/s1. The quantitative estimate of drug-likeness (QED) is 0.519. The SMILES string of the molecule is C#CCOc1ccc([C@H]2CC(=O)Nc3c(S(=O)(=O)c4ccccc4)csc32)cc1OCC. The van der Waals surface area contributed by atoms with Gasteiger partial charge in [-0.25, -0.2) is 8.42 Å². The number of anilines is 1. The zero-order valence-electron chi connectivity index (χ0n) is 17.3. The van der Waals surface area contributed by atoms with Crippen LogP contribution in [0.4, 0.5) is 5.69 Å². The molecule has 1 amide bonds. The van der Waals surface area contributed by atoms with Gasteiger partial charge in [0.05, 0.1) is 17.2 Å². The summed E-state index contributed by atoms with van der Waals surface area (Å²) in [5, 5.41) is 4.37. The van der Waals surface area contributed by atoms with Crippen LogP contribution in [0.2, 0.25) is 0 Å². The maximum absolute atomic E-state index is 13.2. The third kappa shape index (κ3) is 4.09. The van der Waals surface area contributed by atoms with Crippen molar-refractivity contribution in [3.05, 3.63) is 64.4 Å². The molecular weight excluding hydrogens is 446 g/mol. The summed E-state index contributed by atoms with van der Waals surface area (Å²) in [5.41, 5.74) is 1.19. The van der Waals surface area contributed by atoms with Crippen LogP contribution in [-0.4, -0.2) is 27.5 Å². The number of sulfone groups is 1. The van der Waals surface area contributed by atoms with E-state index in [0.717, 1.165) is 10.4 Å². The topological polar surface area (TPSA) is 81.7 Å². The number of benzene rings is 2. The maximum Gasteiger partial charge on any atom is 0.225 e. The van der Waals surface area contributed by atoms with Gasteiger partial charge in [0.2, 0.25) is 15.7 Å². The van der Waals surface area contributed by atoms with Gasteiger partial charge in [-0.15, -0.1) is 17.8 Å². The number of hydrogen-bond donors (Lipinski definition) is 1. The largest absolute Gasteiger partial charge is 0.490 e. The fraction of sp³-hybridized carbons (Fsp3) is 0.208. The molecule has 1 aromatic heterocycles. The molecule has 1 aliphatic rings. The molecule has 164 valence electrons. The van der Waals surface area contributed by atoms with Gasteiger partial charge >= 0.3 is 0 Å². The number of fused-ring (bicyclic) bond motifs is 1. The molecule has 0 spiro atoms. The molecule has 0 fully saturated rings. The number of terminal acetylenes is 1. The molecule has 4 rings (SSSR count). The third-order valence-corrected chi connectivity index (χ3v) is 8.12. The van der Waals surface area contributed by atoms with Gasteiger partial charge in [0, 0.05) is 22.6 Å². The van der Waals surface area contributed by atoms with E-state index in [2.05, 4.69) is 11.2 Å². The number of carbonyl (C=O) groups excluding carboxylic acids is 1. The molecular formula is C24H21NO5S2. The molecule has 0 radical (unpaired) electrons. The molecule has 3 aromatic rings. The Bertz CT molecular complexity index is 1290. The molecule has 0 saturated heterocycles. The van der Waals surface area contributed by atoms with Crippen LogP contribution in [0.5, 0.6) is 11.5 Å². The summed E-state index contributed by atoms with van der Waals surface area (Å²) in [7, 11) is -3.77. The van der Waals surface area contributed by atoms with E-state index in [1.165, 1.54) is 11.3 Å². The second kappa shape index (κ2) is 9.07. The van der Waals surface area contributed by atoms with Gasteiger partial charge in [0.15, 0.2) is 11.5 Å². The molecule has 2 heterocycles. The van der Waals surface area contributed by atoms with Crippen molar-refractivity contribution in [2.24, 2.45) is 0 Å². The summed E-state index contributed by atoms with van der Waals surface area (Å²) in [4.78, 5) is 13.7. The molecule has 1 atom stereocenters. The van der Waals surface area contributed by atoms with E-state index in [4.69, 9.17) is 15.9 Å². The summed E-state index contributed by atoms with van der Waals surface area (Å²) in [6.45, 7) is 2.41. The Morgan fingerprint density at radius 2 is 1.94 bits per heavy atom. The highest BCUT2D eigenvalue weighted by Crippen LogP contribution is 2.47. The summed E-state index contributed by atoms with van der Waals surface area (Å²) >= 11 is 1.32. The Morgan fingerprint density at radius 3 is 2.66 bits per heavy atom. The zero-order chi connectivity index (χ0) is 22.7. The normalized spacial score (nSPS) is 15.4. The van der Waals surface area contributed by atoms with Crippen LogP contribution < -0.4 is 14.8 Å². The van der Waals surface area contributed by atoms with Crippen LogP contribution in [0.3, 0.4) is 0 Å². The van der Waals surface area contributed by atoms with Gasteiger partial charge in [0.1, 0.15) is 11.5 Å². The maximum atomic E-state index is 13.2.